The first kappa shape index (κ1) is 8.06. The van der Waals surface area contributed by atoms with Crippen molar-refractivity contribution in [2.75, 3.05) is 5.01 Å². The summed E-state index contributed by atoms with van der Waals surface area (Å²) in [6.45, 7) is 0. The summed E-state index contributed by atoms with van der Waals surface area (Å²) >= 11 is 4.89. The number of carbonyl (C=O) groups excluding carboxylic acids is 1. The smallest absolute Gasteiger partial charge is 0.250 e. The third kappa shape index (κ3) is 1.48. The molecule has 0 saturated carbocycles. The Balaban J connectivity index is 2.31. The molecule has 2 rings (SSSR count). The van der Waals surface area contributed by atoms with Crippen LogP contribution in [0.1, 0.15) is 6.42 Å². The van der Waals surface area contributed by atoms with Crippen LogP contribution in [-0.2, 0) is 4.79 Å². The molecule has 0 N–H and O–H groups in total. The van der Waals surface area contributed by atoms with Gasteiger partial charge in [-0.25, -0.2) is 9.69 Å². The van der Waals surface area contributed by atoms with E-state index in [-0.39, 0.29) is 12.3 Å². The maximum Gasteiger partial charge on any atom is 0.250 e. The fourth-order valence-electron chi connectivity index (χ4n) is 1.04. The van der Waals surface area contributed by atoms with E-state index >= 15 is 0 Å². The Hall–Kier alpha value is -1.56. The molecular weight excluding hydrogens is 188 g/mol. The summed E-state index contributed by atoms with van der Waals surface area (Å²) in [4.78, 5) is 12.1. The summed E-state index contributed by atoms with van der Waals surface area (Å²) in [5.74, 6) is -0.0766. The van der Waals surface area contributed by atoms with Crippen LogP contribution in [0.2, 0.25) is 0 Å². The van der Waals surface area contributed by atoms with Crippen LogP contribution in [0.5, 0.6) is 0 Å². The molecule has 1 aliphatic heterocycles. The predicted molar refractivity (Wildman–Crippen MR) is 49.6 cm³/mol. The van der Waals surface area contributed by atoms with Crippen LogP contribution in [0.15, 0.2) is 24.9 Å². The normalized spacial score (nSPS) is 16.8. The van der Waals surface area contributed by atoms with Crippen molar-refractivity contribution in [3.63, 3.8) is 0 Å². The van der Waals surface area contributed by atoms with Crippen molar-refractivity contribution >= 4 is 23.0 Å². The van der Waals surface area contributed by atoms with E-state index < -0.39 is 0 Å². The van der Waals surface area contributed by atoms with Crippen LogP contribution < -0.4 is 5.01 Å². The molecule has 5 nitrogen and oxygen atoms in total. The first-order valence-corrected chi connectivity index (χ1v) is 4.06. The van der Waals surface area contributed by atoms with Gasteiger partial charge in [0.05, 0.1) is 6.42 Å². The second-order valence-corrected chi connectivity index (χ2v) is 3.06. The van der Waals surface area contributed by atoms with E-state index in [2.05, 4.69) is 10.2 Å². The number of hydrogen-bond acceptors (Lipinski definition) is 4. The molecule has 13 heavy (non-hydrogen) atoms. The number of amides is 1. The largest absolute Gasteiger partial charge is 0.272 e. The Morgan fingerprint density at radius 2 is 2.08 bits per heavy atom. The van der Waals surface area contributed by atoms with Gasteiger partial charge in [-0.05, 0) is 6.08 Å². The number of nitrogens with zero attached hydrogens (tertiary/aromatic N) is 4. The number of rotatable bonds is 1. The van der Waals surface area contributed by atoms with Crippen LogP contribution >= 0.6 is 12.2 Å². The lowest BCUT2D eigenvalue weighted by molar-refractivity contribution is -0.118. The van der Waals surface area contributed by atoms with Gasteiger partial charge in [-0.1, -0.05) is 12.2 Å². The lowest BCUT2D eigenvalue weighted by atomic mass is 10.2. The molecule has 0 unspecified atom stereocenters. The monoisotopic (exact) mass is 194 g/mol. The van der Waals surface area contributed by atoms with E-state index in [1.54, 1.807) is 12.3 Å². The SMILES string of the molecule is O=C1CC(=S)C=CN1n1cnnc1. The molecule has 0 saturated heterocycles. The molecule has 1 aromatic heterocycles. The first-order valence-electron chi connectivity index (χ1n) is 3.65. The van der Waals surface area contributed by atoms with Crippen molar-refractivity contribution in [3.05, 3.63) is 24.9 Å². The van der Waals surface area contributed by atoms with Crippen molar-refractivity contribution in [1.82, 2.24) is 14.9 Å². The third-order valence-electron chi connectivity index (χ3n) is 1.64. The summed E-state index contributed by atoms with van der Waals surface area (Å²) in [5, 5.41) is 8.62. The number of allylic oxidation sites excluding steroid dienone is 1. The van der Waals surface area contributed by atoms with Crippen molar-refractivity contribution in [1.29, 1.82) is 0 Å². The fourth-order valence-corrected chi connectivity index (χ4v) is 1.22. The highest BCUT2D eigenvalue weighted by atomic mass is 32.1. The van der Waals surface area contributed by atoms with Gasteiger partial charge in [0.25, 0.3) is 5.91 Å². The maximum absolute atomic E-state index is 11.4. The quantitative estimate of drug-likeness (QED) is 0.592. The number of thiocarbonyl (C=S) groups is 1. The van der Waals surface area contributed by atoms with Crippen LogP contribution in [-0.4, -0.2) is 25.6 Å². The summed E-state index contributed by atoms with van der Waals surface area (Å²) in [5.41, 5.74) is 0. The molecule has 0 aromatic carbocycles. The van der Waals surface area contributed by atoms with Gasteiger partial charge in [-0.2, -0.15) is 0 Å². The van der Waals surface area contributed by atoms with Crippen LogP contribution in [0, 0.1) is 0 Å². The van der Waals surface area contributed by atoms with Crippen LogP contribution in [0.3, 0.4) is 0 Å². The Labute approximate surface area is 79.6 Å². The summed E-state index contributed by atoms with van der Waals surface area (Å²) in [7, 11) is 0. The second-order valence-electron chi connectivity index (χ2n) is 2.54. The standard InChI is InChI=1S/C7H6N4OS/c12-7-3-6(13)1-2-11(7)10-4-8-9-5-10/h1-2,4-5H,3H2. The van der Waals surface area contributed by atoms with Gasteiger partial charge in [0.2, 0.25) is 0 Å². The van der Waals surface area contributed by atoms with Crippen molar-refractivity contribution in [2.45, 2.75) is 6.42 Å². The van der Waals surface area contributed by atoms with Gasteiger partial charge in [-0.3, -0.25) is 4.79 Å². The topological polar surface area (TPSA) is 51.0 Å². The Morgan fingerprint density at radius 1 is 1.38 bits per heavy atom. The van der Waals surface area contributed by atoms with Gasteiger partial charge >= 0.3 is 0 Å². The molecule has 0 aliphatic carbocycles. The van der Waals surface area contributed by atoms with Crippen molar-refractivity contribution in [3.8, 4) is 0 Å². The molecule has 1 amide bonds. The van der Waals surface area contributed by atoms with Crippen molar-refractivity contribution in [2.24, 2.45) is 0 Å². The zero-order valence-corrected chi connectivity index (χ0v) is 7.44. The molecule has 0 radical (unpaired) electrons. The Bertz CT molecular complexity index is 370. The zero-order chi connectivity index (χ0) is 9.26. The van der Waals surface area contributed by atoms with Gasteiger partial charge in [-0.15, -0.1) is 10.2 Å². The molecular formula is C7H6N4OS. The van der Waals surface area contributed by atoms with Gasteiger partial charge in [0.1, 0.15) is 12.7 Å². The van der Waals surface area contributed by atoms with Crippen molar-refractivity contribution < 1.29 is 4.79 Å². The summed E-state index contributed by atoms with van der Waals surface area (Å²) in [6.07, 6.45) is 6.51. The molecule has 1 aromatic rings. The minimum atomic E-state index is -0.0766. The molecule has 66 valence electrons. The Morgan fingerprint density at radius 3 is 2.69 bits per heavy atom. The average molecular weight is 194 g/mol. The van der Waals surface area contributed by atoms with E-state index in [1.165, 1.54) is 22.3 Å². The highest BCUT2D eigenvalue weighted by Crippen LogP contribution is 2.04. The van der Waals surface area contributed by atoms with E-state index in [4.69, 9.17) is 12.2 Å². The number of hydrogen-bond donors (Lipinski definition) is 0. The van der Waals surface area contributed by atoms with Crippen LogP contribution in [0.4, 0.5) is 0 Å². The Kier molecular flexibility index (Phi) is 1.90. The molecule has 0 atom stereocenters. The van der Waals surface area contributed by atoms with E-state index in [9.17, 15) is 4.79 Å². The molecule has 1 aliphatic rings. The third-order valence-corrected chi connectivity index (χ3v) is 1.92. The van der Waals surface area contributed by atoms with Gasteiger partial charge in [0, 0.05) is 11.1 Å². The average Bonchev–Trinajstić information content (AvgIpc) is 2.56. The van der Waals surface area contributed by atoms with Gasteiger partial charge in [0.15, 0.2) is 0 Å². The van der Waals surface area contributed by atoms with E-state index in [1.807, 2.05) is 0 Å². The lowest BCUT2D eigenvalue weighted by Gasteiger charge is -2.21. The molecule has 0 spiro atoms. The minimum Gasteiger partial charge on any atom is -0.272 e. The summed E-state index contributed by atoms with van der Waals surface area (Å²) < 4.78 is 1.50. The number of aromatic nitrogens is 3. The minimum absolute atomic E-state index is 0.0766. The zero-order valence-electron chi connectivity index (χ0n) is 6.62. The number of carbonyl (C=O) groups is 1. The predicted octanol–water partition coefficient (Wildman–Crippen LogP) is 0.0300. The molecule has 6 heteroatoms. The highest BCUT2D eigenvalue weighted by Gasteiger charge is 2.17. The maximum atomic E-state index is 11.4. The van der Waals surface area contributed by atoms with Crippen LogP contribution in [0.25, 0.3) is 0 Å². The van der Waals surface area contributed by atoms with E-state index in [0.29, 0.717) is 4.86 Å². The summed E-state index contributed by atoms with van der Waals surface area (Å²) in [6, 6.07) is 0. The second kappa shape index (κ2) is 3.06. The first-order chi connectivity index (χ1) is 6.27. The molecule has 2 heterocycles. The van der Waals surface area contributed by atoms with Gasteiger partial charge < -0.3 is 0 Å². The lowest BCUT2D eigenvalue weighted by Crippen LogP contribution is -2.38. The fraction of sp³-hybridized carbons (Fsp3) is 0.143. The molecule has 0 bridgehead atoms. The van der Waals surface area contributed by atoms with E-state index in [0.717, 1.165) is 0 Å². The molecule has 0 fully saturated rings. The highest BCUT2D eigenvalue weighted by molar-refractivity contribution is 7.80.